The van der Waals surface area contributed by atoms with Crippen LogP contribution in [0, 0.1) is 0 Å². The van der Waals surface area contributed by atoms with Crippen molar-refractivity contribution in [3.05, 3.63) is 35.0 Å². The first kappa shape index (κ1) is 15.7. The third kappa shape index (κ3) is 3.41. The molecular weight excluding hydrogens is 300 g/mol. The van der Waals surface area contributed by atoms with E-state index in [2.05, 4.69) is 11.5 Å². The molecule has 3 rings (SSSR count). The second kappa shape index (κ2) is 6.91. The smallest absolute Gasteiger partial charge is 0.254 e. The van der Waals surface area contributed by atoms with Crippen LogP contribution in [0.25, 0.3) is 0 Å². The monoisotopic (exact) mass is 322 g/mol. The zero-order valence-corrected chi connectivity index (χ0v) is 13.5. The van der Waals surface area contributed by atoms with Gasteiger partial charge in [-0.15, -0.1) is 6.58 Å². The number of thiophene rings is 1. The Morgan fingerprint density at radius 3 is 3.09 bits per heavy atom. The quantitative estimate of drug-likeness (QED) is 0.791. The predicted molar refractivity (Wildman–Crippen MR) is 86.4 cm³/mol. The van der Waals surface area contributed by atoms with Crippen LogP contribution in [0.4, 0.5) is 0 Å². The van der Waals surface area contributed by atoms with Gasteiger partial charge in [-0.05, 0) is 11.4 Å². The zero-order chi connectivity index (χ0) is 15.4. The van der Waals surface area contributed by atoms with E-state index in [0.29, 0.717) is 32.9 Å². The maximum atomic E-state index is 12.6. The van der Waals surface area contributed by atoms with Crippen LogP contribution in [0.2, 0.25) is 0 Å². The fourth-order valence-corrected chi connectivity index (χ4v) is 3.72. The largest absolute Gasteiger partial charge is 0.377 e. The summed E-state index contributed by atoms with van der Waals surface area (Å²) in [5, 5.41) is 3.84. The number of hydrogen-bond donors (Lipinski definition) is 0. The molecule has 2 aliphatic heterocycles. The van der Waals surface area contributed by atoms with Gasteiger partial charge in [0.2, 0.25) is 0 Å². The summed E-state index contributed by atoms with van der Waals surface area (Å²) in [5.74, 6) is 0.0865. The topological polar surface area (TPSA) is 42.0 Å². The fraction of sp³-hybridized carbons (Fsp3) is 0.562. The van der Waals surface area contributed by atoms with Crippen LogP contribution in [0.5, 0.6) is 0 Å². The van der Waals surface area contributed by atoms with Crippen molar-refractivity contribution < 1.29 is 14.3 Å². The van der Waals surface area contributed by atoms with Gasteiger partial charge < -0.3 is 14.4 Å². The molecule has 0 bridgehead atoms. The van der Waals surface area contributed by atoms with E-state index in [1.54, 1.807) is 11.3 Å². The van der Waals surface area contributed by atoms with Gasteiger partial charge in [-0.1, -0.05) is 6.08 Å². The average Bonchev–Trinajstić information content (AvgIpc) is 2.99. The molecule has 1 aromatic rings. The van der Waals surface area contributed by atoms with Crippen molar-refractivity contribution in [2.75, 3.05) is 52.5 Å². The number of carbonyl (C=O) groups is 1. The zero-order valence-electron chi connectivity index (χ0n) is 12.7. The summed E-state index contributed by atoms with van der Waals surface area (Å²) in [5.41, 5.74) is 0.336. The molecule has 0 aliphatic carbocycles. The molecule has 0 radical (unpaired) electrons. The molecule has 120 valence electrons. The first-order valence-corrected chi connectivity index (χ1v) is 8.53. The normalized spacial score (nSPS) is 26.8. The Morgan fingerprint density at radius 2 is 2.32 bits per heavy atom. The van der Waals surface area contributed by atoms with Crippen molar-refractivity contribution in [3.8, 4) is 0 Å². The number of carbonyl (C=O) groups excluding carboxylic acids is 1. The molecule has 1 spiro atoms. The van der Waals surface area contributed by atoms with Gasteiger partial charge in [-0.2, -0.15) is 11.3 Å². The maximum absolute atomic E-state index is 12.6. The molecule has 0 N–H and O–H groups in total. The molecule has 2 fully saturated rings. The minimum Gasteiger partial charge on any atom is -0.377 e. The van der Waals surface area contributed by atoms with Crippen LogP contribution >= 0.6 is 11.3 Å². The highest BCUT2D eigenvalue weighted by atomic mass is 32.1. The van der Waals surface area contributed by atoms with Gasteiger partial charge in [0, 0.05) is 31.6 Å². The Morgan fingerprint density at radius 1 is 1.41 bits per heavy atom. The lowest BCUT2D eigenvalue weighted by Gasteiger charge is -2.43. The van der Waals surface area contributed by atoms with Gasteiger partial charge in [0.15, 0.2) is 0 Å². The first-order chi connectivity index (χ1) is 10.7. The van der Waals surface area contributed by atoms with E-state index in [1.165, 1.54) is 0 Å². The van der Waals surface area contributed by atoms with E-state index in [-0.39, 0.29) is 5.91 Å². The van der Waals surface area contributed by atoms with Crippen LogP contribution in [-0.4, -0.2) is 73.9 Å². The second-order valence-electron chi connectivity index (χ2n) is 5.85. The summed E-state index contributed by atoms with van der Waals surface area (Å²) in [6.45, 7) is 9.26. The summed E-state index contributed by atoms with van der Waals surface area (Å²) in [7, 11) is 0. The van der Waals surface area contributed by atoms with Crippen molar-refractivity contribution in [2.24, 2.45) is 0 Å². The van der Waals surface area contributed by atoms with E-state index in [1.807, 2.05) is 27.8 Å². The van der Waals surface area contributed by atoms with Crippen LogP contribution < -0.4 is 0 Å². The summed E-state index contributed by atoms with van der Waals surface area (Å²) >= 11 is 1.55. The Hall–Kier alpha value is -1.21. The van der Waals surface area contributed by atoms with E-state index in [4.69, 9.17) is 9.47 Å². The molecule has 0 unspecified atom stereocenters. The van der Waals surface area contributed by atoms with Gasteiger partial charge in [-0.3, -0.25) is 9.69 Å². The van der Waals surface area contributed by atoms with Crippen molar-refractivity contribution in [1.82, 2.24) is 9.80 Å². The lowest BCUT2D eigenvalue weighted by molar-refractivity contribution is -0.132. The van der Waals surface area contributed by atoms with Gasteiger partial charge in [0.1, 0.15) is 5.60 Å². The second-order valence-corrected chi connectivity index (χ2v) is 6.63. The molecule has 22 heavy (non-hydrogen) atoms. The summed E-state index contributed by atoms with van der Waals surface area (Å²) in [4.78, 5) is 16.8. The van der Waals surface area contributed by atoms with E-state index < -0.39 is 5.60 Å². The summed E-state index contributed by atoms with van der Waals surface area (Å²) < 4.78 is 11.8. The minimum absolute atomic E-state index is 0.0865. The molecule has 3 heterocycles. The number of hydrogen-bond acceptors (Lipinski definition) is 5. The Kier molecular flexibility index (Phi) is 4.93. The SMILES string of the molecule is C=CCN1CCOC[C@]2(C1)CN(C(=O)c1ccsc1)CCO2. The molecule has 1 aromatic heterocycles. The molecule has 5 nitrogen and oxygen atoms in total. The third-order valence-electron chi connectivity index (χ3n) is 4.12. The van der Waals surface area contributed by atoms with Crippen LogP contribution in [-0.2, 0) is 9.47 Å². The van der Waals surface area contributed by atoms with Gasteiger partial charge >= 0.3 is 0 Å². The Bertz CT molecular complexity index is 519. The van der Waals surface area contributed by atoms with Crippen LogP contribution in [0.1, 0.15) is 10.4 Å². The summed E-state index contributed by atoms with van der Waals surface area (Å²) in [6.07, 6.45) is 1.90. The van der Waals surface area contributed by atoms with Crippen LogP contribution in [0.15, 0.2) is 29.5 Å². The lowest BCUT2D eigenvalue weighted by Crippen LogP contribution is -2.59. The fourth-order valence-electron chi connectivity index (χ4n) is 3.09. The number of ether oxygens (including phenoxy) is 2. The van der Waals surface area contributed by atoms with Crippen molar-refractivity contribution >= 4 is 17.2 Å². The third-order valence-corrected chi connectivity index (χ3v) is 4.80. The molecule has 0 saturated carbocycles. The molecular formula is C16H22N2O3S. The highest BCUT2D eigenvalue weighted by Gasteiger charge is 2.41. The maximum Gasteiger partial charge on any atom is 0.254 e. The number of morpholine rings is 1. The Labute approximate surface area is 135 Å². The molecule has 2 aliphatic rings. The first-order valence-electron chi connectivity index (χ1n) is 7.59. The number of rotatable bonds is 3. The van der Waals surface area contributed by atoms with E-state index >= 15 is 0 Å². The molecule has 1 amide bonds. The van der Waals surface area contributed by atoms with Crippen molar-refractivity contribution in [2.45, 2.75) is 5.60 Å². The molecule has 0 aromatic carbocycles. The summed E-state index contributed by atoms with van der Waals surface area (Å²) in [6, 6.07) is 1.88. The van der Waals surface area contributed by atoms with Crippen molar-refractivity contribution in [1.29, 1.82) is 0 Å². The lowest BCUT2D eigenvalue weighted by atomic mass is 10.0. The molecule has 6 heteroatoms. The number of amides is 1. The molecule has 1 atom stereocenters. The standard InChI is InChI=1S/C16H22N2O3S/c1-2-4-17-5-7-20-13-16(11-17)12-18(6-8-21-16)15(19)14-3-9-22-10-14/h2-3,9-10H,1,4-8,11-13H2/t16-/m0/s1. The average molecular weight is 322 g/mol. The van der Waals surface area contributed by atoms with E-state index in [0.717, 1.165) is 25.2 Å². The van der Waals surface area contributed by atoms with E-state index in [9.17, 15) is 4.79 Å². The highest BCUT2D eigenvalue weighted by Crippen LogP contribution is 2.24. The molecule has 2 saturated heterocycles. The minimum atomic E-state index is -0.427. The predicted octanol–water partition coefficient (Wildman–Crippen LogP) is 1.48. The van der Waals surface area contributed by atoms with Crippen molar-refractivity contribution in [3.63, 3.8) is 0 Å². The Balaban J connectivity index is 1.72. The van der Waals surface area contributed by atoms with Crippen LogP contribution in [0.3, 0.4) is 0 Å². The van der Waals surface area contributed by atoms with Gasteiger partial charge in [0.05, 0.1) is 31.9 Å². The number of nitrogens with zero attached hydrogens (tertiary/aromatic N) is 2. The highest BCUT2D eigenvalue weighted by molar-refractivity contribution is 7.08. The van der Waals surface area contributed by atoms with Gasteiger partial charge in [-0.25, -0.2) is 0 Å². The van der Waals surface area contributed by atoms with Gasteiger partial charge in [0.25, 0.3) is 5.91 Å².